The summed E-state index contributed by atoms with van der Waals surface area (Å²) in [6, 6.07) is 17.8. The molecule has 0 spiro atoms. The first kappa shape index (κ1) is 17.4. The molecule has 0 radical (unpaired) electrons. The van der Waals surface area contributed by atoms with Gasteiger partial charge in [-0.25, -0.2) is 5.43 Å². The van der Waals surface area contributed by atoms with Gasteiger partial charge in [0.05, 0.1) is 16.3 Å². The van der Waals surface area contributed by atoms with Crippen LogP contribution in [0.1, 0.15) is 16.3 Å². The molecule has 7 heteroatoms. The fraction of sp³-hybridized carbons (Fsp3) is 0. The number of para-hydroxylation sites is 1. The van der Waals surface area contributed by atoms with Crippen molar-refractivity contribution >= 4 is 46.3 Å². The smallest absolute Gasteiger partial charge is 0.307 e. The Morgan fingerprint density at radius 2 is 1.81 bits per heavy atom. The van der Waals surface area contributed by atoms with Crippen LogP contribution < -0.4 is 5.43 Å². The highest BCUT2D eigenvalue weighted by atomic mass is 35.5. The summed E-state index contributed by atoms with van der Waals surface area (Å²) in [7, 11) is 0. The minimum atomic E-state index is -0.446. The normalized spacial score (nSPS) is 11.3. The predicted molar refractivity (Wildman–Crippen MR) is 105 cm³/mol. The van der Waals surface area contributed by atoms with Gasteiger partial charge in [-0.3, -0.25) is 4.79 Å². The van der Waals surface area contributed by atoms with Gasteiger partial charge in [0.15, 0.2) is 5.76 Å². The van der Waals surface area contributed by atoms with Crippen LogP contribution in [-0.4, -0.2) is 12.1 Å². The van der Waals surface area contributed by atoms with E-state index in [1.165, 1.54) is 6.21 Å². The fourth-order valence-corrected chi connectivity index (χ4v) is 2.83. The Kier molecular flexibility index (Phi) is 4.71. The molecule has 0 saturated heterocycles. The van der Waals surface area contributed by atoms with Crippen LogP contribution in [-0.2, 0) is 0 Å². The summed E-state index contributed by atoms with van der Waals surface area (Å²) in [6.45, 7) is 0. The Labute approximate surface area is 164 Å². The third kappa shape index (κ3) is 3.74. The van der Waals surface area contributed by atoms with E-state index in [2.05, 4.69) is 10.5 Å². The van der Waals surface area contributed by atoms with Gasteiger partial charge in [-0.2, -0.15) is 5.10 Å². The van der Waals surface area contributed by atoms with Crippen molar-refractivity contribution in [3.05, 3.63) is 82.2 Å². The molecule has 0 aliphatic rings. The average molecular weight is 399 g/mol. The molecule has 0 aliphatic heterocycles. The van der Waals surface area contributed by atoms with E-state index in [4.69, 9.17) is 32.0 Å². The molecule has 1 N–H and O–H groups in total. The van der Waals surface area contributed by atoms with Gasteiger partial charge in [0.1, 0.15) is 17.1 Å². The first-order valence-electron chi connectivity index (χ1n) is 7.97. The van der Waals surface area contributed by atoms with Crippen LogP contribution in [0.5, 0.6) is 0 Å². The number of hydrogen-bond donors (Lipinski definition) is 1. The quantitative estimate of drug-likeness (QED) is 0.350. The van der Waals surface area contributed by atoms with Crippen LogP contribution in [0.25, 0.3) is 22.3 Å². The van der Waals surface area contributed by atoms with Crippen LogP contribution >= 0.6 is 23.2 Å². The van der Waals surface area contributed by atoms with Gasteiger partial charge in [0, 0.05) is 10.9 Å². The van der Waals surface area contributed by atoms with Crippen LogP contribution in [0, 0.1) is 0 Å². The molecule has 5 nitrogen and oxygen atoms in total. The maximum atomic E-state index is 12.1. The summed E-state index contributed by atoms with van der Waals surface area (Å²) in [5, 5.41) is 5.67. The molecule has 0 unspecified atom stereocenters. The lowest BCUT2D eigenvalue weighted by atomic mass is 10.2. The Morgan fingerprint density at radius 3 is 2.63 bits per heavy atom. The van der Waals surface area contributed by atoms with Crippen LogP contribution in [0.3, 0.4) is 0 Å². The van der Waals surface area contributed by atoms with Gasteiger partial charge in [0.2, 0.25) is 0 Å². The van der Waals surface area contributed by atoms with E-state index in [-0.39, 0.29) is 5.76 Å². The number of nitrogens with one attached hydrogen (secondary N) is 1. The number of benzene rings is 2. The molecule has 1 amide bonds. The molecule has 4 aromatic rings. The maximum Gasteiger partial charge on any atom is 0.307 e. The molecular formula is C20H12Cl2N2O3. The van der Waals surface area contributed by atoms with E-state index in [0.29, 0.717) is 27.1 Å². The van der Waals surface area contributed by atoms with Crippen LogP contribution in [0.4, 0.5) is 0 Å². The monoisotopic (exact) mass is 398 g/mol. The third-order valence-electron chi connectivity index (χ3n) is 3.84. The number of fused-ring (bicyclic) bond motifs is 1. The zero-order valence-corrected chi connectivity index (χ0v) is 15.3. The van der Waals surface area contributed by atoms with Crippen molar-refractivity contribution < 1.29 is 13.6 Å². The van der Waals surface area contributed by atoms with Crippen LogP contribution in [0.2, 0.25) is 10.0 Å². The maximum absolute atomic E-state index is 12.1. The Morgan fingerprint density at radius 1 is 0.963 bits per heavy atom. The van der Waals surface area contributed by atoms with Crippen molar-refractivity contribution in [3.8, 4) is 11.3 Å². The lowest BCUT2D eigenvalue weighted by Crippen LogP contribution is -2.16. The van der Waals surface area contributed by atoms with Gasteiger partial charge < -0.3 is 8.83 Å². The second-order valence-electron chi connectivity index (χ2n) is 5.68. The number of halogens is 2. The van der Waals surface area contributed by atoms with Crippen molar-refractivity contribution in [1.82, 2.24) is 5.43 Å². The van der Waals surface area contributed by atoms with Crippen molar-refractivity contribution in [2.24, 2.45) is 5.10 Å². The fourth-order valence-electron chi connectivity index (χ4n) is 2.53. The second kappa shape index (κ2) is 7.31. The average Bonchev–Trinajstić information content (AvgIpc) is 3.31. The molecule has 0 fully saturated rings. The zero-order valence-electron chi connectivity index (χ0n) is 13.8. The molecule has 0 aliphatic carbocycles. The number of furan rings is 2. The lowest BCUT2D eigenvalue weighted by molar-refractivity contribution is 0.0929. The Hall–Kier alpha value is -3.02. The lowest BCUT2D eigenvalue weighted by Gasteiger charge is -1.99. The minimum Gasteiger partial charge on any atom is -0.455 e. The van der Waals surface area contributed by atoms with Gasteiger partial charge in [-0.1, -0.05) is 41.4 Å². The van der Waals surface area contributed by atoms with Gasteiger partial charge >= 0.3 is 5.91 Å². The molecule has 2 aromatic carbocycles. The van der Waals surface area contributed by atoms with E-state index in [1.807, 2.05) is 18.2 Å². The Bertz CT molecular complexity index is 1130. The van der Waals surface area contributed by atoms with E-state index in [9.17, 15) is 4.79 Å². The first-order valence-corrected chi connectivity index (χ1v) is 8.73. The summed E-state index contributed by atoms with van der Waals surface area (Å²) in [4.78, 5) is 12.1. The van der Waals surface area contributed by atoms with Gasteiger partial charge in [-0.15, -0.1) is 0 Å². The number of hydrazone groups is 1. The summed E-state index contributed by atoms with van der Waals surface area (Å²) in [5.74, 6) is 0.822. The van der Waals surface area contributed by atoms with Crippen LogP contribution in [0.15, 0.2) is 74.6 Å². The molecule has 0 saturated carbocycles. The number of carbonyl (C=O) groups is 1. The standard InChI is InChI=1S/C20H12Cl2N2O3/c21-15-7-5-13(9-16(15)22)18-8-6-14(26-18)11-23-24-20(25)19-10-12-3-1-2-4-17(12)27-19/h1-11H,(H,24,25)/b23-11-. The SMILES string of the molecule is O=C(N/N=C\c1ccc(-c2ccc(Cl)c(Cl)c2)o1)c1cc2ccccc2o1. The predicted octanol–water partition coefficient (Wildman–Crippen LogP) is 5.76. The topological polar surface area (TPSA) is 67.7 Å². The van der Waals surface area contributed by atoms with E-state index in [1.54, 1.807) is 42.5 Å². The van der Waals surface area contributed by atoms with E-state index >= 15 is 0 Å². The van der Waals surface area contributed by atoms with Gasteiger partial charge in [-0.05, 0) is 42.5 Å². The summed E-state index contributed by atoms with van der Waals surface area (Å²) < 4.78 is 11.2. The van der Waals surface area contributed by atoms with Crippen molar-refractivity contribution in [2.45, 2.75) is 0 Å². The van der Waals surface area contributed by atoms with Crippen molar-refractivity contribution in [2.75, 3.05) is 0 Å². The molecule has 0 bridgehead atoms. The third-order valence-corrected chi connectivity index (χ3v) is 4.58. The molecule has 0 atom stereocenters. The van der Waals surface area contributed by atoms with Crippen molar-refractivity contribution in [3.63, 3.8) is 0 Å². The summed E-state index contributed by atoms with van der Waals surface area (Å²) in [5.41, 5.74) is 3.84. The largest absolute Gasteiger partial charge is 0.455 e. The molecule has 4 rings (SSSR count). The first-order chi connectivity index (χ1) is 13.1. The number of nitrogens with zero attached hydrogens (tertiary/aromatic N) is 1. The van der Waals surface area contributed by atoms with E-state index in [0.717, 1.165) is 10.9 Å². The number of hydrogen-bond acceptors (Lipinski definition) is 4. The molecule has 2 heterocycles. The molecular weight excluding hydrogens is 387 g/mol. The number of amides is 1. The highest BCUT2D eigenvalue weighted by molar-refractivity contribution is 6.42. The molecule has 134 valence electrons. The number of rotatable bonds is 4. The summed E-state index contributed by atoms with van der Waals surface area (Å²) >= 11 is 11.9. The van der Waals surface area contributed by atoms with Gasteiger partial charge in [0.25, 0.3) is 0 Å². The second-order valence-corrected chi connectivity index (χ2v) is 6.49. The zero-order chi connectivity index (χ0) is 18.8. The highest BCUT2D eigenvalue weighted by Crippen LogP contribution is 2.29. The Balaban J connectivity index is 1.44. The molecule has 27 heavy (non-hydrogen) atoms. The molecule has 2 aromatic heterocycles. The van der Waals surface area contributed by atoms with E-state index < -0.39 is 5.91 Å². The minimum absolute atomic E-state index is 0.185. The number of carbonyl (C=O) groups excluding carboxylic acids is 1. The highest BCUT2D eigenvalue weighted by Gasteiger charge is 2.11. The van der Waals surface area contributed by atoms with Crippen molar-refractivity contribution in [1.29, 1.82) is 0 Å². The summed E-state index contributed by atoms with van der Waals surface area (Å²) in [6.07, 6.45) is 1.40.